The van der Waals surface area contributed by atoms with Gasteiger partial charge in [0.2, 0.25) is 0 Å². The number of anilines is 2. The Bertz CT molecular complexity index is 2310. The number of hydrogen-bond donors (Lipinski definition) is 6. The van der Waals surface area contributed by atoms with Gasteiger partial charge in [0.05, 0.1) is 23.4 Å². The molecule has 12 nitrogen and oxygen atoms in total. The van der Waals surface area contributed by atoms with E-state index >= 15 is 0 Å². The molecule has 2 amide bonds. The smallest absolute Gasteiger partial charge is 0.295 e. The summed E-state index contributed by atoms with van der Waals surface area (Å²) in [5.41, 5.74) is 1.03. The number of carbonyl (C=O) groups excluding carboxylic acids is 2. The first-order valence-corrected chi connectivity index (χ1v) is 15.5. The van der Waals surface area contributed by atoms with Gasteiger partial charge in [0.15, 0.2) is 0 Å². The second-order valence-electron chi connectivity index (χ2n) is 10.0. The maximum Gasteiger partial charge on any atom is 0.295 e. The molecule has 0 radical (unpaired) electrons. The quantitative estimate of drug-likeness (QED) is 0.0439. The summed E-state index contributed by atoms with van der Waals surface area (Å²) in [5.74, 6) is -1.37. The van der Waals surface area contributed by atoms with Crippen molar-refractivity contribution in [1.29, 1.82) is 0 Å². The molecule has 46 heavy (non-hydrogen) atoms. The Morgan fingerprint density at radius 2 is 1.20 bits per heavy atom. The Kier molecular flexibility index (Phi) is 8.22. The first-order valence-electron chi connectivity index (χ1n) is 13.3. The van der Waals surface area contributed by atoms with Crippen molar-refractivity contribution in [3.05, 3.63) is 108 Å². The Balaban J connectivity index is 1.26. The molecular formula is C32H22N2O10S2. The van der Waals surface area contributed by atoms with Gasteiger partial charge in [-0.25, -0.2) is 5.26 Å². The monoisotopic (exact) mass is 658 g/mol. The fourth-order valence-electron chi connectivity index (χ4n) is 5.20. The van der Waals surface area contributed by atoms with Crippen LogP contribution in [0.15, 0.2) is 107 Å². The first-order chi connectivity index (χ1) is 22.0. The van der Waals surface area contributed by atoms with Crippen LogP contribution in [0.4, 0.5) is 11.4 Å². The Morgan fingerprint density at radius 3 is 1.74 bits per heavy atom. The van der Waals surface area contributed by atoms with Gasteiger partial charge in [-0.3, -0.25) is 14.1 Å². The molecule has 0 aliphatic carbocycles. The predicted octanol–water partition coefficient (Wildman–Crippen LogP) is 6.74. The second-order valence-corrected chi connectivity index (χ2v) is 12.1. The molecule has 232 valence electrons. The SMILES string of the molecule is O=C(Nc1cccc2c(SOOO)ccc(O)c12)c1ccc2cc(C(=O)Nc3cccc4c(S(=O)(=O)O)ccc(O)c34)ccc2c1. The van der Waals surface area contributed by atoms with Crippen molar-refractivity contribution < 1.29 is 47.4 Å². The van der Waals surface area contributed by atoms with Crippen LogP contribution in [-0.4, -0.2) is 40.3 Å². The van der Waals surface area contributed by atoms with Gasteiger partial charge in [-0.1, -0.05) is 41.4 Å². The van der Waals surface area contributed by atoms with Crippen LogP contribution < -0.4 is 10.6 Å². The lowest BCUT2D eigenvalue weighted by molar-refractivity contribution is -0.432. The van der Waals surface area contributed by atoms with Crippen molar-refractivity contribution in [3.8, 4) is 11.5 Å². The maximum atomic E-state index is 13.3. The van der Waals surface area contributed by atoms with Crippen molar-refractivity contribution in [2.24, 2.45) is 0 Å². The van der Waals surface area contributed by atoms with E-state index in [0.717, 1.165) is 24.2 Å². The number of phenolic OH excluding ortho intramolecular Hbond substituents is 2. The van der Waals surface area contributed by atoms with E-state index in [0.29, 0.717) is 37.7 Å². The predicted molar refractivity (Wildman–Crippen MR) is 172 cm³/mol. The largest absolute Gasteiger partial charge is 0.507 e. The number of hydrogen-bond acceptors (Lipinski definition) is 10. The minimum absolute atomic E-state index is 0.0352. The molecule has 0 spiro atoms. The zero-order valence-corrected chi connectivity index (χ0v) is 24.9. The molecule has 0 aliphatic heterocycles. The van der Waals surface area contributed by atoms with Crippen LogP contribution in [0.25, 0.3) is 32.3 Å². The maximum absolute atomic E-state index is 13.3. The Labute approximate surface area is 264 Å². The lowest BCUT2D eigenvalue weighted by atomic mass is 10.0. The van der Waals surface area contributed by atoms with E-state index in [1.54, 1.807) is 60.7 Å². The van der Waals surface area contributed by atoms with E-state index in [2.05, 4.69) is 20.0 Å². The highest BCUT2D eigenvalue weighted by Crippen LogP contribution is 2.39. The summed E-state index contributed by atoms with van der Waals surface area (Å²) < 4.78 is 37.8. The third-order valence-corrected chi connectivity index (χ3v) is 8.83. The summed E-state index contributed by atoms with van der Waals surface area (Å²) in [6.07, 6.45) is 0. The van der Waals surface area contributed by atoms with Crippen LogP contribution in [0.5, 0.6) is 11.5 Å². The van der Waals surface area contributed by atoms with Crippen LogP contribution in [0.3, 0.4) is 0 Å². The zero-order chi connectivity index (χ0) is 32.6. The average Bonchev–Trinajstić information content (AvgIpc) is 3.03. The average molecular weight is 659 g/mol. The van der Waals surface area contributed by atoms with E-state index < -0.39 is 26.8 Å². The minimum Gasteiger partial charge on any atom is -0.507 e. The summed E-state index contributed by atoms with van der Waals surface area (Å²) >= 11 is 0.723. The molecule has 0 fully saturated rings. The number of aromatic hydroxyl groups is 2. The number of nitrogens with one attached hydrogen (secondary N) is 2. The number of rotatable bonds is 8. The number of amides is 2. The second kappa shape index (κ2) is 12.3. The molecule has 6 aromatic carbocycles. The molecule has 0 unspecified atom stereocenters. The van der Waals surface area contributed by atoms with E-state index in [4.69, 9.17) is 5.26 Å². The fourth-order valence-corrected chi connectivity index (χ4v) is 6.37. The van der Waals surface area contributed by atoms with E-state index in [1.165, 1.54) is 24.3 Å². The summed E-state index contributed by atoms with van der Waals surface area (Å²) in [6, 6.07) is 24.3. The molecule has 0 aliphatic rings. The Morgan fingerprint density at radius 1 is 0.674 bits per heavy atom. The summed E-state index contributed by atoms with van der Waals surface area (Å²) in [6.45, 7) is 0. The van der Waals surface area contributed by atoms with Crippen LogP contribution in [0.2, 0.25) is 0 Å². The van der Waals surface area contributed by atoms with Crippen molar-refractivity contribution in [1.82, 2.24) is 0 Å². The number of phenols is 2. The van der Waals surface area contributed by atoms with Crippen molar-refractivity contribution >= 4 is 77.7 Å². The standard InChI is InChI=1S/C32H22N2O10S2/c35-25-11-13-27(45-44-43-39)21-3-1-5-23(29(21)25)33-31(37)19-9-7-18-16-20(10-8-17(18)15-19)32(38)34-24-6-2-4-22-28(46(40,41)42)14-12-26(36)30(22)24/h1-16,35-36,39H,(H,33,37)(H,34,38)(H,40,41,42). The highest BCUT2D eigenvalue weighted by molar-refractivity contribution is 7.94. The van der Waals surface area contributed by atoms with Crippen LogP contribution in [0.1, 0.15) is 20.7 Å². The zero-order valence-electron chi connectivity index (χ0n) is 23.3. The first kappa shape index (κ1) is 30.8. The molecule has 0 saturated heterocycles. The van der Waals surface area contributed by atoms with E-state index in [-0.39, 0.29) is 33.5 Å². The third kappa shape index (κ3) is 5.91. The Hall–Kier alpha value is -5.22. The lowest BCUT2D eigenvalue weighted by Crippen LogP contribution is -2.13. The molecule has 0 bridgehead atoms. The van der Waals surface area contributed by atoms with Gasteiger partial charge < -0.3 is 20.8 Å². The third-order valence-electron chi connectivity index (χ3n) is 7.25. The van der Waals surface area contributed by atoms with Crippen molar-refractivity contribution in [2.75, 3.05) is 10.6 Å². The highest BCUT2D eigenvalue weighted by Gasteiger charge is 2.19. The molecule has 0 aromatic heterocycles. The summed E-state index contributed by atoms with van der Waals surface area (Å²) in [7, 11) is -4.59. The van der Waals surface area contributed by atoms with Crippen molar-refractivity contribution in [2.45, 2.75) is 9.79 Å². The fraction of sp³-hybridized carbons (Fsp3) is 0. The van der Waals surface area contributed by atoms with Crippen LogP contribution in [0, 0.1) is 0 Å². The van der Waals surface area contributed by atoms with Crippen LogP contribution >= 0.6 is 12.0 Å². The number of benzene rings is 6. The van der Waals surface area contributed by atoms with Crippen molar-refractivity contribution in [3.63, 3.8) is 0 Å². The van der Waals surface area contributed by atoms with Gasteiger partial charge in [-0.15, -0.1) is 4.33 Å². The number of fused-ring (bicyclic) bond motifs is 3. The van der Waals surface area contributed by atoms with Gasteiger partial charge in [-0.2, -0.15) is 8.42 Å². The van der Waals surface area contributed by atoms with Gasteiger partial charge >= 0.3 is 0 Å². The molecule has 0 saturated carbocycles. The van der Waals surface area contributed by atoms with Gasteiger partial charge in [0, 0.05) is 37.6 Å². The number of carbonyl (C=O) groups is 2. The van der Waals surface area contributed by atoms with Gasteiger partial charge in [0.25, 0.3) is 21.9 Å². The van der Waals surface area contributed by atoms with Crippen LogP contribution in [-0.2, 0) is 19.5 Å². The molecule has 6 N–H and O–H groups in total. The normalized spacial score (nSPS) is 11.6. The molecule has 0 heterocycles. The van der Waals surface area contributed by atoms with Gasteiger partial charge in [0.1, 0.15) is 16.4 Å². The van der Waals surface area contributed by atoms with Gasteiger partial charge in [-0.05, 0) is 71.4 Å². The summed E-state index contributed by atoms with van der Waals surface area (Å²) in [5, 5.41) is 40.9. The minimum atomic E-state index is -4.59. The molecule has 0 atom stereocenters. The lowest BCUT2D eigenvalue weighted by Gasteiger charge is -2.13. The highest BCUT2D eigenvalue weighted by atomic mass is 32.2. The molecule has 14 heteroatoms. The molecular weight excluding hydrogens is 636 g/mol. The summed E-state index contributed by atoms with van der Waals surface area (Å²) in [4.78, 5) is 26.6. The molecule has 6 aromatic rings. The van der Waals surface area contributed by atoms with E-state index in [1.807, 2.05) is 0 Å². The topological polar surface area (TPSA) is 192 Å². The molecule has 6 rings (SSSR count). The van der Waals surface area contributed by atoms with E-state index in [9.17, 15) is 32.8 Å².